The second kappa shape index (κ2) is 5.56. The number of amides is 1. The second-order valence-corrected chi connectivity index (χ2v) is 4.51. The Morgan fingerprint density at radius 2 is 2.05 bits per heavy atom. The van der Waals surface area contributed by atoms with Gasteiger partial charge in [-0.15, -0.1) is 0 Å². The highest BCUT2D eigenvalue weighted by Gasteiger charge is 2.07. The van der Waals surface area contributed by atoms with Crippen molar-refractivity contribution in [2.24, 2.45) is 0 Å². The molecule has 0 bridgehead atoms. The lowest BCUT2D eigenvalue weighted by atomic mass is 10.1. The zero-order chi connectivity index (χ0) is 13.8. The largest absolute Gasteiger partial charge is 0.484 e. The Bertz CT molecular complexity index is 590. The lowest BCUT2D eigenvalue weighted by Gasteiger charge is -2.08. The van der Waals surface area contributed by atoms with Crippen LogP contribution in [-0.2, 0) is 4.79 Å². The molecule has 0 atom stereocenters. The predicted molar refractivity (Wildman–Crippen MR) is 73.4 cm³/mol. The Labute approximate surface area is 112 Å². The number of anilines is 1. The van der Waals surface area contributed by atoms with Gasteiger partial charge in [0.25, 0.3) is 5.91 Å². The number of nitrogens with one attached hydrogen (secondary N) is 2. The molecule has 2 aromatic rings. The van der Waals surface area contributed by atoms with Gasteiger partial charge in [-0.3, -0.25) is 9.89 Å². The number of aromatic nitrogens is 2. The molecule has 0 spiro atoms. The van der Waals surface area contributed by atoms with Gasteiger partial charge in [0.1, 0.15) is 11.6 Å². The minimum absolute atomic E-state index is 0.0268. The van der Waals surface area contributed by atoms with Gasteiger partial charge in [-0.05, 0) is 44.0 Å². The average molecular weight is 259 g/mol. The molecule has 0 fully saturated rings. The number of benzene rings is 1. The summed E-state index contributed by atoms with van der Waals surface area (Å²) in [5.41, 5.74) is 3.23. The highest BCUT2D eigenvalue weighted by molar-refractivity contribution is 5.91. The molecule has 0 aliphatic heterocycles. The number of rotatable bonds is 4. The molecule has 2 rings (SSSR count). The summed E-state index contributed by atoms with van der Waals surface area (Å²) in [7, 11) is 0. The van der Waals surface area contributed by atoms with Crippen molar-refractivity contribution in [1.82, 2.24) is 10.2 Å². The van der Waals surface area contributed by atoms with E-state index in [0.717, 1.165) is 11.1 Å². The fourth-order valence-corrected chi connectivity index (χ4v) is 1.60. The van der Waals surface area contributed by atoms with Crippen molar-refractivity contribution in [3.8, 4) is 5.75 Å². The van der Waals surface area contributed by atoms with E-state index in [1.165, 1.54) is 5.56 Å². The van der Waals surface area contributed by atoms with Gasteiger partial charge in [-0.1, -0.05) is 6.07 Å². The van der Waals surface area contributed by atoms with Crippen molar-refractivity contribution < 1.29 is 9.53 Å². The second-order valence-electron chi connectivity index (χ2n) is 4.51. The fraction of sp³-hybridized carbons (Fsp3) is 0.286. The van der Waals surface area contributed by atoms with E-state index >= 15 is 0 Å². The number of aryl methyl sites for hydroxylation is 3. The van der Waals surface area contributed by atoms with Crippen molar-refractivity contribution in [3.05, 3.63) is 41.1 Å². The van der Waals surface area contributed by atoms with Crippen LogP contribution in [0.5, 0.6) is 5.75 Å². The molecule has 19 heavy (non-hydrogen) atoms. The van der Waals surface area contributed by atoms with Gasteiger partial charge in [0.2, 0.25) is 0 Å². The number of H-pyrrole nitrogens is 1. The van der Waals surface area contributed by atoms with Crippen molar-refractivity contribution in [3.63, 3.8) is 0 Å². The molecule has 0 unspecified atom stereocenters. The van der Waals surface area contributed by atoms with Crippen molar-refractivity contribution in [1.29, 1.82) is 0 Å². The summed E-state index contributed by atoms with van der Waals surface area (Å²) < 4.78 is 5.45. The summed E-state index contributed by atoms with van der Waals surface area (Å²) >= 11 is 0. The van der Waals surface area contributed by atoms with Crippen LogP contribution in [0.25, 0.3) is 0 Å². The molecule has 1 aromatic heterocycles. The SMILES string of the molecule is Cc1ccc(OCC(=O)Nc2[nH]ncc2C)cc1C. The molecule has 0 radical (unpaired) electrons. The van der Waals surface area contributed by atoms with Gasteiger partial charge in [0.15, 0.2) is 6.61 Å². The molecule has 5 nitrogen and oxygen atoms in total. The first-order valence-electron chi connectivity index (χ1n) is 6.06. The quantitative estimate of drug-likeness (QED) is 0.885. The maximum atomic E-state index is 11.7. The van der Waals surface area contributed by atoms with Gasteiger partial charge in [-0.25, -0.2) is 0 Å². The minimum Gasteiger partial charge on any atom is -0.484 e. The zero-order valence-electron chi connectivity index (χ0n) is 11.3. The van der Waals surface area contributed by atoms with Crippen molar-refractivity contribution in [2.45, 2.75) is 20.8 Å². The molecule has 1 amide bonds. The predicted octanol–water partition coefficient (Wildman–Crippen LogP) is 2.35. The third-order valence-electron chi connectivity index (χ3n) is 2.94. The van der Waals surface area contributed by atoms with E-state index < -0.39 is 0 Å². The molecular weight excluding hydrogens is 242 g/mol. The van der Waals surface area contributed by atoms with Crippen molar-refractivity contribution in [2.75, 3.05) is 11.9 Å². The van der Waals surface area contributed by atoms with Crippen LogP contribution in [0.2, 0.25) is 0 Å². The summed E-state index contributed by atoms with van der Waals surface area (Å²) in [6, 6.07) is 5.75. The third kappa shape index (κ3) is 3.34. The van der Waals surface area contributed by atoms with Gasteiger partial charge >= 0.3 is 0 Å². The van der Waals surface area contributed by atoms with Crippen LogP contribution in [-0.4, -0.2) is 22.7 Å². The Morgan fingerprint density at radius 1 is 1.26 bits per heavy atom. The van der Waals surface area contributed by atoms with Gasteiger partial charge < -0.3 is 10.1 Å². The van der Waals surface area contributed by atoms with Crippen LogP contribution in [0.1, 0.15) is 16.7 Å². The van der Waals surface area contributed by atoms with Crippen LogP contribution in [0.4, 0.5) is 5.82 Å². The number of hydrogen-bond donors (Lipinski definition) is 2. The molecule has 0 aliphatic carbocycles. The number of hydrogen-bond acceptors (Lipinski definition) is 3. The van der Waals surface area contributed by atoms with Gasteiger partial charge in [-0.2, -0.15) is 5.10 Å². The van der Waals surface area contributed by atoms with Crippen LogP contribution < -0.4 is 10.1 Å². The Kier molecular flexibility index (Phi) is 3.85. The van der Waals surface area contributed by atoms with E-state index in [9.17, 15) is 4.79 Å². The van der Waals surface area contributed by atoms with Crippen LogP contribution >= 0.6 is 0 Å². The summed E-state index contributed by atoms with van der Waals surface area (Å²) in [6.45, 7) is 5.88. The van der Waals surface area contributed by atoms with E-state index in [2.05, 4.69) is 15.5 Å². The van der Waals surface area contributed by atoms with E-state index in [0.29, 0.717) is 11.6 Å². The average Bonchev–Trinajstić information content (AvgIpc) is 2.77. The number of aromatic amines is 1. The molecule has 0 saturated heterocycles. The molecule has 0 aliphatic rings. The number of ether oxygens (including phenoxy) is 1. The molecule has 1 aromatic carbocycles. The molecule has 100 valence electrons. The molecule has 2 N–H and O–H groups in total. The van der Waals surface area contributed by atoms with Crippen LogP contribution in [0.15, 0.2) is 24.4 Å². The number of carbonyl (C=O) groups excluding carboxylic acids is 1. The van der Waals surface area contributed by atoms with Gasteiger partial charge in [0.05, 0.1) is 6.20 Å². The topological polar surface area (TPSA) is 67.0 Å². The Morgan fingerprint density at radius 3 is 2.68 bits per heavy atom. The summed E-state index contributed by atoms with van der Waals surface area (Å²) in [5, 5.41) is 9.25. The fourth-order valence-electron chi connectivity index (χ4n) is 1.60. The standard InChI is InChI=1S/C14H17N3O2/c1-9-4-5-12(6-10(9)2)19-8-13(18)16-14-11(3)7-15-17-14/h4-7H,8H2,1-3H3,(H2,15,16,17,18). The summed E-state index contributed by atoms with van der Waals surface area (Å²) in [6.07, 6.45) is 1.65. The molecule has 5 heteroatoms. The van der Waals surface area contributed by atoms with Crippen LogP contribution in [0, 0.1) is 20.8 Å². The zero-order valence-corrected chi connectivity index (χ0v) is 11.3. The Balaban J connectivity index is 1.90. The first kappa shape index (κ1) is 13.1. The minimum atomic E-state index is -0.217. The third-order valence-corrected chi connectivity index (χ3v) is 2.94. The highest BCUT2D eigenvalue weighted by Crippen LogP contribution is 2.16. The number of nitrogens with zero attached hydrogens (tertiary/aromatic N) is 1. The maximum absolute atomic E-state index is 11.7. The lowest BCUT2D eigenvalue weighted by Crippen LogP contribution is -2.20. The monoisotopic (exact) mass is 259 g/mol. The lowest BCUT2D eigenvalue weighted by molar-refractivity contribution is -0.118. The van der Waals surface area contributed by atoms with E-state index in [1.54, 1.807) is 6.20 Å². The summed E-state index contributed by atoms with van der Waals surface area (Å²) in [5.74, 6) is 1.08. The van der Waals surface area contributed by atoms with E-state index in [-0.39, 0.29) is 12.5 Å². The first-order chi connectivity index (χ1) is 9.06. The smallest absolute Gasteiger partial charge is 0.263 e. The Hall–Kier alpha value is -2.30. The summed E-state index contributed by atoms with van der Waals surface area (Å²) in [4.78, 5) is 11.7. The maximum Gasteiger partial charge on any atom is 0.263 e. The molecule has 1 heterocycles. The van der Waals surface area contributed by atoms with E-state index in [1.807, 2.05) is 39.0 Å². The molecular formula is C14H17N3O2. The van der Waals surface area contributed by atoms with E-state index in [4.69, 9.17) is 4.74 Å². The van der Waals surface area contributed by atoms with Crippen LogP contribution in [0.3, 0.4) is 0 Å². The van der Waals surface area contributed by atoms with Crippen molar-refractivity contribution >= 4 is 11.7 Å². The number of carbonyl (C=O) groups is 1. The highest BCUT2D eigenvalue weighted by atomic mass is 16.5. The molecule has 0 saturated carbocycles. The van der Waals surface area contributed by atoms with Gasteiger partial charge in [0, 0.05) is 5.56 Å². The normalized spacial score (nSPS) is 10.3. The first-order valence-corrected chi connectivity index (χ1v) is 6.06.